The van der Waals surface area contributed by atoms with Crippen molar-refractivity contribution < 1.29 is 28.6 Å². The van der Waals surface area contributed by atoms with Crippen molar-refractivity contribution in [3.8, 4) is 0 Å². The smallest absolute Gasteiger partial charge is 0.306 e. The van der Waals surface area contributed by atoms with Crippen LogP contribution in [0, 0.1) is 0 Å². The first-order valence-electron chi connectivity index (χ1n) is 24.5. The van der Waals surface area contributed by atoms with E-state index in [-0.39, 0.29) is 31.1 Å². The van der Waals surface area contributed by atoms with Gasteiger partial charge in [-0.05, 0) is 19.3 Å². The number of unbranched alkanes of at least 4 members (excludes halogenated alkanes) is 34. The fourth-order valence-corrected chi connectivity index (χ4v) is 7.38. The van der Waals surface area contributed by atoms with E-state index in [1.165, 1.54) is 180 Å². The number of hydrogen-bond donors (Lipinski definition) is 0. The van der Waals surface area contributed by atoms with Gasteiger partial charge in [-0.2, -0.15) is 0 Å². The van der Waals surface area contributed by atoms with E-state index in [1.807, 2.05) is 0 Å². The maximum atomic E-state index is 12.7. The van der Waals surface area contributed by atoms with Crippen LogP contribution >= 0.6 is 0 Å². The van der Waals surface area contributed by atoms with Gasteiger partial charge < -0.3 is 14.2 Å². The molecule has 0 N–H and O–H groups in total. The van der Waals surface area contributed by atoms with E-state index in [2.05, 4.69) is 20.8 Å². The van der Waals surface area contributed by atoms with Crippen LogP contribution in [0.1, 0.15) is 278 Å². The van der Waals surface area contributed by atoms with Crippen molar-refractivity contribution in [3.05, 3.63) is 0 Å². The summed E-state index contributed by atoms with van der Waals surface area (Å²) >= 11 is 0. The second-order valence-electron chi connectivity index (χ2n) is 16.7. The van der Waals surface area contributed by atoms with E-state index >= 15 is 0 Å². The third-order valence-corrected chi connectivity index (χ3v) is 11.1. The molecule has 0 aromatic rings. The third-order valence-electron chi connectivity index (χ3n) is 11.1. The molecule has 6 nitrogen and oxygen atoms in total. The summed E-state index contributed by atoms with van der Waals surface area (Å²) in [6.45, 7) is 6.62. The first kappa shape index (κ1) is 53.4. The molecule has 0 radical (unpaired) electrons. The molecule has 0 amide bonds. The van der Waals surface area contributed by atoms with Gasteiger partial charge in [-0.1, -0.05) is 239 Å². The Morgan fingerprint density at radius 2 is 0.491 bits per heavy atom. The van der Waals surface area contributed by atoms with E-state index in [4.69, 9.17) is 14.2 Å². The number of carbonyl (C=O) groups is 3. The fraction of sp³-hybridized carbons (Fsp3) is 0.939. The average Bonchev–Trinajstić information content (AvgIpc) is 3.18. The number of rotatable bonds is 45. The maximum Gasteiger partial charge on any atom is 0.306 e. The van der Waals surface area contributed by atoms with Gasteiger partial charge in [0, 0.05) is 19.3 Å². The molecule has 0 saturated carbocycles. The summed E-state index contributed by atoms with van der Waals surface area (Å²) in [5, 5.41) is 0. The molecule has 0 aromatic carbocycles. The van der Waals surface area contributed by atoms with Crippen molar-refractivity contribution in [1.29, 1.82) is 0 Å². The quantitative estimate of drug-likeness (QED) is 0.0348. The summed E-state index contributed by atoms with van der Waals surface area (Å²) in [5.74, 6) is -0.855. The lowest BCUT2D eigenvalue weighted by Gasteiger charge is -2.18. The summed E-state index contributed by atoms with van der Waals surface area (Å²) in [7, 11) is 0. The highest BCUT2D eigenvalue weighted by molar-refractivity contribution is 5.71. The molecule has 326 valence electrons. The van der Waals surface area contributed by atoms with Gasteiger partial charge in [0.2, 0.25) is 0 Å². The molecule has 0 aromatic heterocycles. The van der Waals surface area contributed by atoms with Crippen LogP contribution in [0.3, 0.4) is 0 Å². The van der Waals surface area contributed by atoms with Crippen LogP contribution in [0.2, 0.25) is 0 Å². The molecule has 6 heteroatoms. The molecule has 0 aliphatic heterocycles. The minimum atomic E-state index is -0.757. The molecule has 1 atom stereocenters. The van der Waals surface area contributed by atoms with Gasteiger partial charge in [0.15, 0.2) is 6.10 Å². The lowest BCUT2D eigenvalue weighted by atomic mass is 10.0. The molecule has 0 bridgehead atoms. The predicted octanol–water partition coefficient (Wildman–Crippen LogP) is 15.6. The van der Waals surface area contributed by atoms with Crippen LogP contribution in [0.5, 0.6) is 0 Å². The molecule has 0 fully saturated rings. The Balaban J connectivity index is 4.15. The van der Waals surface area contributed by atoms with Crippen molar-refractivity contribution >= 4 is 17.9 Å². The molecular weight excluding hydrogens is 685 g/mol. The average molecular weight is 779 g/mol. The van der Waals surface area contributed by atoms with Gasteiger partial charge >= 0.3 is 17.9 Å². The van der Waals surface area contributed by atoms with E-state index < -0.39 is 6.10 Å². The standard InChI is InChI=1S/C49H94O6/c1-4-7-10-13-16-18-20-21-22-23-24-25-26-27-29-30-33-36-39-42-48(51)54-45-46(44-53-47(50)41-38-35-32-15-12-9-6-3)55-49(52)43-40-37-34-31-28-19-17-14-11-8-5-2/h46H,4-45H2,1-3H3/t46-/m0/s1. The van der Waals surface area contributed by atoms with Crippen LogP contribution in [-0.2, 0) is 28.6 Å². The first-order valence-corrected chi connectivity index (χ1v) is 24.5. The van der Waals surface area contributed by atoms with Crippen LogP contribution in [0.15, 0.2) is 0 Å². The molecule has 0 saturated heterocycles. The molecule has 0 rings (SSSR count). The van der Waals surface area contributed by atoms with Crippen molar-refractivity contribution in [3.63, 3.8) is 0 Å². The van der Waals surface area contributed by atoms with Crippen LogP contribution < -0.4 is 0 Å². The monoisotopic (exact) mass is 779 g/mol. The second kappa shape index (κ2) is 45.1. The number of ether oxygens (including phenoxy) is 3. The van der Waals surface area contributed by atoms with Crippen molar-refractivity contribution in [1.82, 2.24) is 0 Å². The zero-order chi connectivity index (χ0) is 40.1. The molecule has 0 spiro atoms. The van der Waals surface area contributed by atoms with Crippen molar-refractivity contribution in [2.45, 2.75) is 284 Å². The van der Waals surface area contributed by atoms with Gasteiger partial charge in [-0.3, -0.25) is 14.4 Å². The SMILES string of the molecule is CCCCCCCCCCCCCCCCCCCCCC(=O)OC[C@H](COC(=O)CCCCCCCCC)OC(=O)CCCCCCCCCCCCC. The van der Waals surface area contributed by atoms with E-state index in [0.29, 0.717) is 19.3 Å². The Morgan fingerprint density at radius 1 is 0.291 bits per heavy atom. The molecule has 0 aliphatic rings. The van der Waals surface area contributed by atoms with E-state index in [9.17, 15) is 14.4 Å². The minimum Gasteiger partial charge on any atom is -0.462 e. The van der Waals surface area contributed by atoms with E-state index in [1.54, 1.807) is 0 Å². The summed E-state index contributed by atoms with van der Waals surface area (Å²) in [4.78, 5) is 37.6. The van der Waals surface area contributed by atoms with Crippen LogP contribution in [-0.4, -0.2) is 37.2 Å². The van der Waals surface area contributed by atoms with Gasteiger partial charge in [-0.25, -0.2) is 0 Å². The molecule has 55 heavy (non-hydrogen) atoms. The normalized spacial score (nSPS) is 11.8. The zero-order valence-corrected chi connectivity index (χ0v) is 37.2. The summed E-state index contributed by atoms with van der Waals surface area (Å²) < 4.78 is 16.7. The van der Waals surface area contributed by atoms with Crippen molar-refractivity contribution in [2.24, 2.45) is 0 Å². The lowest BCUT2D eigenvalue weighted by Crippen LogP contribution is -2.30. The number of carbonyl (C=O) groups excluding carboxylic acids is 3. The highest BCUT2D eigenvalue weighted by Gasteiger charge is 2.19. The highest BCUT2D eigenvalue weighted by atomic mass is 16.6. The van der Waals surface area contributed by atoms with Crippen molar-refractivity contribution in [2.75, 3.05) is 13.2 Å². The van der Waals surface area contributed by atoms with Gasteiger partial charge in [0.1, 0.15) is 13.2 Å². The van der Waals surface area contributed by atoms with Gasteiger partial charge in [0.05, 0.1) is 0 Å². The highest BCUT2D eigenvalue weighted by Crippen LogP contribution is 2.16. The summed E-state index contributed by atoms with van der Waals surface area (Å²) in [6.07, 6.45) is 46.7. The topological polar surface area (TPSA) is 78.9 Å². The van der Waals surface area contributed by atoms with Gasteiger partial charge in [0.25, 0.3) is 0 Å². The Morgan fingerprint density at radius 3 is 0.727 bits per heavy atom. The molecular formula is C49H94O6. The van der Waals surface area contributed by atoms with E-state index in [0.717, 1.165) is 57.8 Å². The number of esters is 3. The minimum absolute atomic E-state index is 0.0628. The van der Waals surface area contributed by atoms with Gasteiger partial charge in [-0.15, -0.1) is 0 Å². The molecule has 0 aliphatic carbocycles. The zero-order valence-electron chi connectivity index (χ0n) is 37.2. The Hall–Kier alpha value is -1.59. The molecule has 0 heterocycles. The molecule has 0 unspecified atom stereocenters. The lowest BCUT2D eigenvalue weighted by molar-refractivity contribution is -0.167. The first-order chi connectivity index (χ1) is 27.0. The third kappa shape index (κ3) is 43.4. The summed E-state index contributed by atoms with van der Waals surface area (Å²) in [6, 6.07) is 0. The van der Waals surface area contributed by atoms with Crippen LogP contribution in [0.4, 0.5) is 0 Å². The largest absolute Gasteiger partial charge is 0.462 e. The fourth-order valence-electron chi connectivity index (χ4n) is 7.38. The number of hydrogen-bond acceptors (Lipinski definition) is 6. The Bertz CT molecular complexity index is 813. The Kier molecular flexibility index (Phi) is 43.8. The maximum absolute atomic E-state index is 12.7. The summed E-state index contributed by atoms with van der Waals surface area (Å²) in [5.41, 5.74) is 0. The Labute approximate surface area is 342 Å². The van der Waals surface area contributed by atoms with Crippen LogP contribution in [0.25, 0.3) is 0 Å². The predicted molar refractivity (Wildman–Crippen MR) is 233 cm³/mol. The second-order valence-corrected chi connectivity index (χ2v) is 16.7.